The van der Waals surface area contributed by atoms with Gasteiger partial charge in [0.2, 0.25) is 0 Å². The van der Waals surface area contributed by atoms with Gasteiger partial charge in [-0.2, -0.15) is 18.2 Å². The van der Waals surface area contributed by atoms with Crippen LogP contribution in [-0.4, -0.2) is 12.5 Å². The fraction of sp³-hybridized carbons (Fsp3) is 0.250. The van der Waals surface area contributed by atoms with Crippen molar-refractivity contribution in [3.8, 4) is 5.75 Å². The maximum Gasteiger partial charge on any atom is 1.00 e. The minimum atomic E-state index is 0. The molecule has 0 spiro atoms. The molecule has 0 N–H and O–H groups in total. The van der Waals surface area contributed by atoms with Gasteiger partial charge in [-0.25, -0.2) is 0 Å². The molecule has 1 aromatic rings. The normalized spacial score (nSPS) is 8.45. The van der Waals surface area contributed by atoms with E-state index in [2.05, 4.69) is 6.07 Å². The fourth-order valence-electron chi connectivity index (χ4n) is 0.624. The summed E-state index contributed by atoms with van der Waals surface area (Å²) in [6.07, 6.45) is 0. The number of benzene rings is 1. The van der Waals surface area contributed by atoms with Gasteiger partial charge in [0.25, 0.3) is 0 Å². The van der Waals surface area contributed by atoms with E-state index in [9.17, 15) is 0 Å². The molecule has 0 aliphatic heterocycles. The number of ether oxygens (including phenoxy) is 1. The third-order valence-electron chi connectivity index (χ3n) is 1.03. The van der Waals surface area contributed by atoms with Crippen LogP contribution in [0.3, 0.4) is 0 Å². The molecular formula is C8H8ClLiO. The average Bonchev–Trinajstić information content (AvgIpc) is 2.03. The molecule has 1 aromatic carbocycles. The molecule has 11 heavy (non-hydrogen) atoms. The van der Waals surface area contributed by atoms with E-state index in [-0.39, 0.29) is 18.9 Å². The summed E-state index contributed by atoms with van der Waals surface area (Å²) < 4.78 is 5.20. The molecule has 3 heteroatoms. The van der Waals surface area contributed by atoms with Gasteiger partial charge >= 0.3 is 18.9 Å². The van der Waals surface area contributed by atoms with Gasteiger partial charge in [-0.3, -0.25) is 0 Å². The van der Waals surface area contributed by atoms with Crippen LogP contribution in [-0.2, 0) is 0 Å². The van der Waals surface area contributed by atoms with Crippen molar-refractivity contribution in [1.82, 2.24) is 0 Å². The Morgan fingerprint density at radius 2 is 2.00 bits per heavy atom. The maximum atomic E-state index is 5.42. The molecule has 0 saturated carbocycles. The van der Waals surface area contributed by atoms with E-state index in [1.54, 1.807) is 0 Å². The first-order valence-electron chi connectivity index (χ1n) is 3.08. The summed E-state index contributed by atoms with van der Waals surface area (Å²) in [5.41, 5.74) is 0. The molecule has 0 aliphatic carbocycles. The van der Waals surface area contributed by atoms with Gasteiger partial charge in [0, 0.05) is 5.75 Å². The Morgan fingerprint density at radius 1 is 1.36 bits per heavy atom. The molecule has 0 atom stereocenters. The Labute approximate surface area is 83.9 Å². The predicted octanol–water partition coefficient (Wildman–Crippen LogP) is -0.892. The zero-order chi connectivity index (χ0) is 7.23. The second-order valence-corrected chi connectivity index (χ2v) is 2.15. The van der Waals surface area contributed by atoms with Crippen molar-refractivity contribution < 1.29 is 23.6 Å². The van der Waals surface area contributed by atoms with E-state index < -0.39 is 0 Å². The first-order valence-corrected chi connectivity index (χ1v) is 3.62. The molecule has 0 amide bonds. The standard InChI is InChI=1S/C8H8ClO.Li/c9-6-7-10-8-4-2-1-3-5-8;/h2-5H,6-7H2;/q-1;+1. The Morgan fingerprint density at radius 3 is 2.55 bits per heavy atom. The van der Waals surface area contributed by atoms with Gasteiger partial charge in [-0.15, -0.1) is 23.7 Å². The van der Waals surface area contributed by atoms with Crippen LogP contribution in [0.1, 0.15) is 0 Å². The van der Waals surface area contributed by atoms with Crippen molar-refractivity contribution in [3.05, 3.63) is 30.3 Å². The third-order valence-corrected chi connectivity index (χ3v) is 1.19. The molecule has 0 aliphatic rings. The van der Waals surface area contributed by atoms with E-state index in [4.69, 9.17) is 16.3 Å². The summed E-state index contributed by atoms with van der Waals surface area (Å²) in [6.45, 7) is 0.561. The van der Waals surface area contributed by atoms with Crippen LogP contribution >= 0.6 is 11.6 Å². The minimum Gasteiger partial charge on any atom is -0.518 e. The Kier molecular flexibility index (Phi) is 6.55. The van der Waals surface area contributed by atoms with Crippen LogP contribution in [0.25, 0.3) is 0 Å². The van der Waals surface area contributed by atoms with Crippen molar-refractivity contribution in [1.29, 1.82) is 0 Å². The summed E-state index contributed by atoms with van der Waals surface area (Å²) in [4.78, 5) is 0. The smallest absolute Gasteiger partial charge is 0.518 e. The van der Waals surface area contributed by atoms with Crippen LogP contribution in [0.5, 0.6) is 5.75 Å². The molecular weight excluding hydrogens is 154 g/mol. The molecule has 0 radical (unpaired) electrons. The average molecular weight is 163 g/mol. The van der Waals surface area contributed by atoms with Crippen LogP contribution in [0.2, 0.25) is 0 Å². The van der Waals surface area contributed by atoms with Gasteiger partial charge in [-0.1, -0.05) is 0 Å². The van der Waals surface area contributed by atoms with Crippen LogP contribution in [0.15, 0.2) is 24.3 Å². The van der Waals surface area contributed by atoms with Crippen LogP contribution < -0.4 is 23.6 Å². The summed E-state index contributed by atoms with van der Waals surface area (Å²) in [5.74, 6) is 1.37. The van der Waals surface area contributed by atoms with E-state index >= 15 is 0 Å². The second kappa shape index (κ2) is 6.61. The molecule has 0 aromatic heterocycles. The van der Waals surface area contributed by atoms with Crippen LogP contribution in [0.4, 0.5) is 0 Å². The largest absolute Gasteiger partial charge is 1.00 e. The van der Waals surface area contributed by atoms with E-state index in [1.807, 2.05) is 24.3 Å². The van der Waals surface area contributed by atoms with Gasteiger partial charge in [0.15, 0.2) is 0 Å². The Hall–Kier alpha value is -0.0926. The molecule has 54 valence electrons. The van der Waals surface area contributed by atoms with Crippen molar-refractivity contribution in [3.63, 3.8) is 0 Å². The first kappa shape index (κ1) is 10.9. The molecule has 1 nitrogen and oxygen atoms in total. The first-order chi connectivity index (χ1) is 4.93. The molecule has 1 rings (SSSR count). The number of halogens is 1. The van der Waals surface area contributed by atoms with Gasteiger partial charge in [-0.05, 0) is 0 Å². The van der Waals surface area contributed by atoms with Crippen molar-refractivity contribution in [2.75, 3.05) is 12.5 Å². The van der Waals surface area contributed by atoms with Crippen LogP contribution in [0, 0.1) is 6.07 Å². The summed E-state index contributed by atoms with van der Waals surface area (Å²) in [7, 11) is 0. The van der Waals surface area contributed by atoms with Gasteiger partial charge in [0.05, 0.1) is 12.5 Å². The van der Waals surface area contributed by atoms with E-state index in [1.165, 1.54) is 0 Å². The van der Waals surface area contributed by atoms with Gasteiger partial charge in [0.1, 0.15) is 0 Å². The quantitative estimate of drug-likeness (QED) is 0.318. The number of rotatable bonds is 3. The van der Waals surface area contributed by atoms with Crippen molar-refractivity contribution >= 4 is 11.6 Å². The number of hydrogen-bond acceptors (Lipinski definition) is 1. The van der Waals surface area contributed by atoms with E-state index in [0.29, 0.717) is 12.5 Å². The zero-order valence-corrected chi connectivity index (χ0v) is 7.27. The summed E-state index contributed by atoms with van der Waals surface area (Å²) in [5, 5.41) is 0. The van der Waals surface area contributed by atoms with Crippen molar-refractivity contribution in [2.45, 2.75) is 0 Å². The second-order valence-electron chi connectivity index (χ2n) is 1.77. The third kappa shape index (κ3) is 4.37. The SMILES string of the molecule is ClCCOc1cc[c-]cc1.[Li+]. The van der Waals surface area contributed by atoms with Gasteiger partial charge < -0.3 is 4.74 Å². The van der Waals surface area contributed by atoms with Crippen molar-refractivity contribution in [2.24, 2.45) is 0 Å². The van der Waals surface area contributed by atoms with E-state index in [0.717, 1.165) is 5.75 Å². The monoisotopic (exact) mass is 162 g/mol. The molecule has 0 fully saturated rings. The maximum absolute atomic E-state index is 5.42. The summed E-state index contributed by atoms with van der Waals surface area (Å²) >= 11 is 5.42. The molecule has 0 bridgehead atoms. The Balaban J connectivity index is 0.000001000. The number of hydrogen-bond donors (Lipinski definition) is 0. The Bertz CT molecular complexity index is 179. The fourth-order valence-corrected chi connectivity index (χ4v) is 0.701. The number of alkyl halides is 1. The predicted molar refractivity (Wildman–Crippen MR) is 41.5 cm³/mol. The molecule has 0 unspecified atom stereocenters. The summed E-state index contributed by atoms with van der Waals surface area (Å²) in [6, 6.07) is 10.2. The minimum absolute atomic E-state index is 0. The molecule has 0 saturated heterocycles. The molecule has 0 heterocycles. The topological polar surface area (TPSA) is 9.23 Å². The zero-order valence-electron chi connectivity index (χ0n) is 6.51.